The molecule has 0 fully saturated rings. The van der Waals surface area contributed by atoms with Crippen LogP contribution in [0.25, 0.3) is 16.7 Å². The van der Waals surface area contributed by atoms with Gasteiger partial charge in [-0.3, -0.25) is 13.8 Å². The Morgan fingerprint density at radius 2 is 1.85 bits per heavy atom. The maximum Gasteiger partial charge on any atom is 0.262 e. The van der Waals surface area contributed by atoms with Crippen molar-refractivity contribution >= 4 is 28.4 Å². The highest BCUT2D eigenvalue weighted by atomic mass is 32.2. The van der Waals surface area contributed by atoms with Crippen LogP contribution in [0, 0.1) is 5.92 Å². The van der Waals surface area contributed by atoms with Crippen molar-refractivity contribution in [2.75, 3.05) is 12.4 Å². The number of fused-ring (bicyclic) bond motifs is 3. The average Bonchev–Trinajstić information content (AvgIpc) is 3.25. The van der Waals surface area contributed by atoms with Gasteiger partial charge in [0.05, 0.1) is 17.0 Å². The molecule has 2 heterocycles. The van der Waals surface area contributed by atoms with E-state index in [1.165, 1.54) is 17.3 Å². The average molecular weight is 467 g/mol. The van der Waals surface area contributed by atoms with E-state index < -0.39 is 6.10 Å². The van der Waals surface area contributed by atoms with E-state index in [2.05, 4.69) is 31.0 Å². The molecule has 8 heteroatoms. The Morgan fingerprint density at radius 3 is 2.58 bits per heavy atom. The van der Waals surface area contributed by atoms with Gasteiger partial charge in [-0.05, 0) is 48.6 Å². The molecule has 0 spiro atoms. The van der Waals surface area contributed by atoms with Gasteiger partial charge in [0.2, 0.25) is 5.78 Å². The second-order valence-electron chi connectivity index (χ2n) is 8.55. The van der Waals surface area contributed by atoms with Gasteiger partial charge < -0.3 is 9.84 Å². The zero-order valence-corrected chi connectivity index (χ0v) is 20.1. The summed E-state index contributed by atoms with van der Waals surface area (Å²) < 4.78 is 9.36. The number of nitrogens with zero attached hydrogens (tertiary/aromatic N) is 4. The van der Waals surface area contributed by atoms with Crippen LogP contribution in [0.15, 0.2) is 58.5 Å². The molecular weight excluding hydrogens is 436 g/mol. The molecule has 0 radical (unpaired) electrons. The molecule has 0 aliphatic rings. The molecule has 1 unspecified atom stereocenters. The number of ether oxygens (including phenoxy) is 1. The van der Waals surface area contributed by atoms with Crippen molar-refractivity contribution in [3.05, 3.63) is 64.4 Å². The first kappa shape index (κ1) is 23.3. The summed E-state index contributed by atoms with van der Waals surface area (Å²) in [5.74, 6) is 2.13. The molecule has 2 aromatic heterocycles. The molecule has 1 N–H and O–H groups in total. The molecule has 0 bridgehead atoms. The lowest BCUT2D eigenvalue weighted by atomic mass is 10.1. The van der Waals surface area contributed by atoms with Crippen molar-refractivity contribution < 1.29 is 9.84 Å². The van der Waals surface area contributed by atoms with E-state index in [0.717, 1.165) is 24.1 Å². The number of para-hydroxylation sites is 1. The number of hydrogen-bond acceptors (Lipinski definition) is 6. The summed E-state index contributed by atoms with van der Waals surface area (Å²) in [6, 6.07) is 15.4. The Balaban J connectivity index is 1.53. The van der Waals surface area contributed by atoms with Crippen molar-refractivity contribution in [1.29, 1.82) is 0 Å². The van der Waals surface area contributed by atoms with E-state index in [0.29, 0.717) is 34.5 Å². The number of aromatic nitrogens is 4. The fourth-order valence-corrected chi connectivity index (χ4v) is 4.49. The Morgan fingerprint density at radius 1 is 1.09 bits per heavy atom. The van der Waals surface area contributed by atoms with Gasteiger partial charge in [-0.25, -0.2) is 0 Å². The lowest BCUT2D eigenvalue weighted by Crippen LogP contribution is -2.24. The van der Waals surface area contributed by atoms with Gasteiger partial charge in [0.25, 0.3) is 5.56 Å². The van der Waals surface area contributed by atoms with Crippen molar-refractivity contribution in [1.82, 2.24) is 19.2 Å². The zero-order valence-electron chi connectivity index (χ0n) is 19.3. The number of benzene rings is 2. The topological polar surface area (TPSA) is 81.7 Å². The van der Waals surface area contributed by atoms with Crippen LogP contribution in [-0.4, -0.2) is 42.7 Å². The molecule has 33 heavy (non-hydrogen) atoms. The van der Waals surface area contributed by atoms with Crippen LogP contribution in [0.2, 0.25) is 0 Å². The third-order valence-corrected chi connectivity index (χ3v) is 6.66. The third-order valence-electron chi connectivity index (χ3n) is 5.59. The Labute approximate surface area is 197 Å². The molecule has 4 rings (SSSR count). The first-order valence-electron chi connectivity index (χ1n) is 11.4. The lowest BCUT2D eigenvalue weighted by Gasteiger charge is -2.13. The fraction of sp³-hybridized carbons (Fsp3) is 0.400. The smallest absolute Gasteiger partial charge is 0.262 e. The second-order valence-corrected chi connectivity index (χ2v) is 9.53. The quantitative estimate of drug-likeness (QED) is 0.353. The minimum absolute atomic E-state index is 0.0507. The van der Waals surface area contributed by atoms with Gasteiger partial charge in [0.1, 0.15) is 12.4 Å². The van der Waals surface area contributed by atoms with E-state index in [9.17, 15) is 9.90 Å². The molecule has 7 nitrogen and oxygen atoms in total. The van der Waals surface area contributed by atoms with E-state index in [1.807, 2.05) is 52.9 Å². The van der Waals surface area contributed by atoms with Crippen LogP contribution in [0.5, 0.6) is 5.75 Å². The summed E-state index contributed by atoms with van der Waals surface area (Å²) in [7, 11) is 0. The minimum Gasteiger partial charge on any atom is -0.491 e. The predicted octanol–water partition coefficient (Wildman–Crippen LogP) is 4.18. The van der Waals surface area contributed by atoms with Crippen LogP contribution in [0.4, 0.5) is 0 Å². The van der Waals surface area contributed by atoms with E-state index in [-0.39, 0.29) is 12.2 Å². The summed E-state index contributed by atoms with van der Waals surface area (Å²) in [6.07, 6.45) is 1.18. The number of aliphatic hydroxyl groups excluding tert-OH is 1. The summed E-state index contributed by atoms with van der Waals surface area (Å²) in [6.45, 7) is 7.15. The highest BCUT2D eigenvalue weighted by molar-refractivity contribution is 7.99. The van der Waals surface area contributed by atoms with Crippen molar-refractivity contribution in [2.24, 2.45) is 5.92 Å². The summed E-state index contributed by atoms with van der Waals surface area (Å²) in [5, 5.41) is 20.4. The monoisotopic (exact) mass is 466 g/mol. The molecule has 0 saturated carbocycles. The maximum absolute atomic E-state index is 13.1. The number of aryl methyl sites for hydroxylation is 2. The van der Waals surface area contributed by atoms with Gasteiger partial charge in [0.15, 0.2) is 5.16 Å². The molecule has 0 saturated heterocycles. The van der Waals surface area contributed by atoms with Gasteiger partial charge >= 0.3 is 0 Å². The number of hydrogen-bond donors (Lipinski definition) is 1. The van der Waals surface area contributed by atoms with Crippen LogP contribution < -0.4 is 10.3 Å². The molecule has 0 aliphatic carbocycles. The van der Waals surface area contributed by atoms with Crippen LogP contribution >= 0.6 is 11.8 Å². The molecule has 4 aromatic rings. The molecule has 2 aromatic carbocycles. The molecule has 0 aliphatic heterocycles. The SMILES string of the molecule is CCc1ccc(OCC(O)CSc2nnc3n(CCC(C)C)c(=O)c4ccccc4n23)cc1. The van der Waals surface area contributed by atoms with Crippen LogP contribution in [-0.2, 0) is 13.0 Å². The number of thioether (sulfide) groups is 1. The second kappa shape index (κ2) is 10.4. The van der Waals surface area contributed by atoms with E-state index in [4.69, 9.17) is 4.74 Å². The van der Waals surface area contributed by atoms with Gasteiger partial charge in [-0.1, -0.05) is 56.8 Å². The fourth-order valence-electron chi connectivity index (χ4n) is 3.65. The molecular formula is C25H30N4O3S. The van der Waals surface area contributed by atoms with Gasteiger partial charge in [-0.15, -0.1) is 10.2 Å². The van der Waals surface area contributed by atoms with Crippen molar-refractivity contribution in [3.8, 4) is 5.75 Å². The first-order valence-corrected chi connectivity index (χ1v) is 12.4. The van der Waals surface area contributed by atoms with Crippen molar-refractivity contribution in [2.45, 2.75) is 51.4 Å². The van der Waals surface area contributed by atoms with Crippen LogP contribution in [0.1, 0.15) is 32.8 Å². The Kier molecular flexibility index (Phi) is 7.35. The largest absolute Gasteiger partial charge is 0.491 e. The normalized spacial score (nSPS) is 12.6. The van der Waals surface area contributed by atoms with Gasteiger partial charge in [0, 0.05) is 12.3 Å². The lowest BCUT2D eigenvalue weighted by molar-refractivity contribution is 0.126. The predicted molar refractivity (Wildman–Crippen MR) is 132 cm³/mol. The Bertz CT molecular complexity index is 1280. The van der Waals surface area contributed by atoms with E-state index in [1.54, 1.807) is 4.57 Å². The summed E-state index contributed by atoms with van der Waals surface area (Å²) in [4.78, 5) is 13.1. The van der Waals surface area contributed by atoms with Gasteiger partial charge in [-0.2, -0.15) is 0 Å². The maximum atomic E-state index is 13.1. The summed E-state index contributed by atoms with van der Waals surface area (Å²) >= 11 is 1.40. The van der Waals surface area contributed by atoms with Crippen molar-refractivity contribution in [3.63, 3.8) is 0 Å². The third kappa shape index (κ3) is 5.23. The molecule has 1 atom stereocenters. The van der Waals surface area contributed by atoms with Crippen LogP contribution in [0.3, 0.4) is 0 Å². The first-order chi connectivity index (χ1) is 16.0. The highest BCUT2D eigenvalue weighted by Gasteiger charge is 2.18. The highest BCUT2D eigenvalue weighted by Crippen LogP contribution is 2.23. The number of rotatable bonds is 10. The number of aliphatic hydroxyl groups is 1. The molecule has 0 amide bonds. The summed E-state index contributed by atoms with van der Waals surface area (Å²) in [5.41, 5.74) is 1.97. The minimum atomic E-state index is -0.675. The zero-order chi connectivity index (χ0) is 23.4. The standard InChI is InChI=1S/C25H30N4O3S/c1-4-18-9-11-20(12-10-18)32-15-19(30)16-33-25-27-26-24-28(14-13-17(2)3)23(31)21-7-5-6-8-22(21)29(24)25/h5-12,17,19,30H,4,13-16H2,1-3H3. The molecule has 174 valence electrons. The van der Waals surface area contributed by atoms with E-state index >= 15 is 0 Å². The Hall–Kier alpha value is -2.84.